The van der Waals surface area contributed by atoms with Crippen molar-refractivity contribution in [2.45, 2.75) is 0 Å². The minimum absolute atomic E-state index is 0. The second-order valence-electron chi connectivity index (χ2n) is 1.15. The third-order valence-corrected chi connectivity index (χ3v) is 0.333. The molecule has 0 fully saturated rings. The molecule has 0 bridgehead atoms. The molecule has 0 unspecified atom stereocenters. The number of carbonyl (C=O) groups excluding carboxylic acids is 2. The van der Waals surface area contributed by atoms with Crippen LogP contribution < -0.4 is 27.8 Å². The molecular weight excluding hydrogens is 219 g/mol. The van der Waals surface area contributed by atoms with Gasteiger partial charge < -0.3 is 31.3 Å². The van der Waals surface area contributed by atoms with E-state index in [4.69, 9.17) is 19.8 Å². The van der Waals surface area contributed by atoms with Gasteiger partial charge in [-0.2, -0.15) is 0 Å². The Hall–Kier alpha value is -0.557. The summed E-state index contributed by atoms with van der Waals surface area (Å²) >= 11 is 0. The van der Waals surface area contributed by atoms with Crippen molar-refractivity contribution in [2.24, 2.45) is 11.5 Å². The van der Waals surface area contributed by atoms with Gasteiger partial charge in [0.05, 0.1) is 11.9 Å². The van der Waals surface area contributed by atoms with Crippen LogP contribution in [0.3, 0.4) is 0 Å². The molecule has 0 spiro atoms. The van der Waals surface area contributed by atoms with E-state index in [-0.39, 0.29) is 38.7 Å². The molecule has 12 heavy (non-hydrogen) atoms. The molecule has 0 aliphatic rings. The maximum atomic E-state index is 9.13. The molecule has 8 heteroatoms. The molecule has 0 aliphatic carbocycles. The number of hydrogen-bond acceptors (Lipinski definition) is 6. The zero-order chi connectivity index (χ0) is 8.57. The maximum absolute atomic E-state index is 9.13. The fourth-order valence-electron chi connectivity index (χ4n) is 0. The molecule has 3 radical (unpaired) electrons. The molecule has 0 saturated carbocycles. The van der Waals surface area contributed by atoms with Gasteiger partial charge in [0.1, 0.15) is 0 Å². The van der Waals surface area contributed by atoms with Crippen LogP contribution in [0.1, 0.15) is 0 Å². The van der Waals surface area contributed by atoms with Crippen molar-refractivity contribution in [1.82, 2.24) is 6.15 Å². The largest absolute Gasteiger partial charge is 2.00 e. The number of nitrogens with zero attached hydrogens (tertiary/aromatic N) is 1. The van der Waals surface area contributed by atoms with Gasteiger partial charge >= 0.3 is 19.5 Å². The zero-order valence-corrected chi connectivity index (χ0v) is 9.32. The summed E-state index contributed by atoms with van der Waals surface area (Å²) in [6.45, 7) is -0.778. The summed E-state index contributed by atoms with van der Waals surface area (Å²) in [5.41, 5.74) is 9.02. The van der Waals surface area contributed by atoms with E-state index in [1.54, 1.807) is 0 Å². The summed E-state index contributed by atoms with van der Waals surface area (Å²) in [5.74, 6) is -2.44. The number of hydrogen-bond donors (Lipinski definition) is 2. The van der Waals surface area contributed by atoms with Crippen LogP contribution >= 0.6 is 0 Å². The van der Waals surface area contributed by atoms with Crippen molar-refractivity contribution in [1.29, 1.82) is 0 Å². The van der Waals surface area contributed by atoms with E-state index in [1.807, 2.05) is 0 Å². The number of aliphatic carboxylic acids is 2. The maximum Gasteiger partial charge on any atom is 2.00 e. The number of carbonyl (C=O) groups is 2. The topological polar surface area (TPSA) is 163 Å². The third-order valence-electron chi connectivity index (χ3n) is 0.333. The quantitative estimate of drug-likeness (QED) is 0.448. The predicted molar refractivity (Wildman–Crippen MR) is 30.3 cm³/mol. The Morgan fingerprint density at radius 3 is 1.08 bits per heavy atom. The fraction of sp³-hybridized carbons (Fsp3) is 0.500. The molecule has 0 rings (SSSR count). The van der Waals surface area contributed by atoms with E-state index in [0.717, 1.165) is 0 Å². The first kappa shape index (κ1) is 22.5. The van der Waals surface area contributed by atoms with Gasteiger partial charge in [0, 0.05) is 19.2 Å². The van der Waals surface area contributed by atoms with E-state index >= 15 is 0 Å². The molecule has 0 heterocycles. The predicted octanol–water partition coefficient (Wildman–Crippen LogP) is -5.09. The van der Waals surface area contributed by atoms with Gasteiger partial charge in [0.25, 0.3) is 0 Å². The molecular formula is C4H8N3O4Zn. The summed E-state index contributed by atoms with van der Waals surface area (Å²) in [6.07, 6.45) is 0. The molecule has 7 nitrogen and oxygen atoms in total. The average molecular weight is 228 g/mol. The summed E-state index contributed by atoms with van der Waals surface area (Å²) < 4.78 is 0. The van der Waals surface area contributed by atoms with E-state index in [2.05, 4.69) is 11.5 Å². The summed E-state index contributed by atoms with van der Waals surface area (Å²) in [7, 11) is 0. The summed E-state index contributed by atoms with van der Waals surface area (Å²) in [6, 6.07) is 0. The first-order valence-corrected chi connectivity index (χ1v) is 2.34. The van der Waals surface area contributed by atoms with Crippen molar-refractivity contribution in [2.75, 3.05) is 13.1 Å². The molecule has 65 valence electrons. The van der Waals surface area contributed by atoms with Crippen LogP contribution in [-0.4, -0.2) is 25.0 Å². The molecule has 4 N–H and O–H groups in total. The second-order valence-corrected chi connectivity index (χ2v) is 1.15. The second kappa shape index (κ2) is 16.8. The van der Waals surface area contributed by atoms with Crippen LogP contribution in [0.4, 0.5) is 0 Å². The average Bonchev–Trinajstić information content (AvgIpc) is 1.89. The molecule has 0 saturated heterocycles. The Morgan fingerprint density at radius 2 is 1.08 bits per heavy atom. The summed E-state index contributed by atoms with van der Waals surface area (Å²) in [4.78, 5) is 18.3. The van der Waals surface area contributed by atoms with Crippen LogP contribution in [0.2, 0.25) is 0 Å². The third kappa shape index (κ3) is 56.8. The molecule has 0 aromatic heterocycles. The van der Waals surface area contributed by atoms with Gasteiger partial charge in [-0.3, -0.25) is 0 Å². The van der Waals surface area contributed by atoms with Crippen LogP contribution in [0, 0.1) is 0 Å². The number of carboxylic acid groups (broad SMARTS) is 2. The molecule has 0 amide bonds. The zero-order valence-electron chi connectivity index (χ0n) is 6.36. The van der Waals surface area contributed by atoms with Gasteiger partial charge in [-0.25, -0.2) is 0 Å². The standard InChI is InChI=1S/2C2H5NO2.N.Zn/c2*3-1-2(4)5;;/h2*1,3H2,(H,4,5);;/q;;;+2/p-2. The summed E-state index contributed by atoms with van der Waals surface area (Å²) in [5, 5.41) is 18.3. The number of carboxylic acids is 2. The Balaban J connectivity index is -0.0000000457. The van der Waals surface area contributed by atoms with Crippen molar-refractivity contribution < 1.29 is 39.3 Å². The van der Waals surface area contributed by atoms with Crippen LogP contribution in [-0.2, 0) is 29.1 Å². The van der Waals surface area contributed by atoms with Crippen LogP contribution in [0.5, 0.6) is 0 Å². The molecule has 0 aromatic carbocycles. The fourth-order valence-corrected chi connectivity index (χ4v) is 0. The van der Waals surface area contributed by atoms with Crippen molar-refractivity contribution in [3.05, 3.63) is 0 Å². The minimum Gasteiger partial charge on any atom is -0.549 e. The molecule has 0 aliphatic heterocycles. The van der Waals surface area contributed by atoms with Gasteiger partial charge in [-0.05, 0) is 0 Å². The Labute approximate surface area is 82.5 Å². The van der Waals surface area contributed by atoms with Gasteiger partial charge in [0.2, 0.25) is 0 Å². The molecule has 0 aromatic rings. The van der Waals surface area contributed by atoms with Gasteiger partial charge in [0.15, 0.2) is 0 Å². The van der Waals surface area contributed by atoms with Crippen molar-refractivity contribution >= 4 is 11.9 Å². The number of rotatable bonds is 2. The molecule has 0 atom stereocenters. The normalized spacial score (nSPS) is 6.17. The number of nitrogens with two attached hydrogens (primary N) is 2. The van der Waals surface area contributed by atoms with Gasteiger partial charge in [-0.1, -0.05) is 0 Å². The first-order valence-electron chi connectivity index (χ1n) is 2.34. The van der Waals surface area contributed by atoms with Gasteiger partial charge in [-0.15, -0.1) is 0 Å². The van der Waals surface area contributed by atoms with Crippen molar-refractivity contribution in [3.63, 3.8) is 0 Å². The van der Waals surface area contributed by atoms with E-state index in [1.165, 1.54) is 0 Å². The minimum atomic E-state index is -1.22. The Bertz CT molecular complexity index is 107. The van der Waals surface area contributed by atoms with E-state index < -0.39 is 11.9 Å². The van der Waals surface area contributed by atoms with Crippen molar-refractivity contribution in [3.8, 4) is 0 Å². The van der Waals surface area contributed by atoms with E-state index in [9.17, 15) is 0 Å². The SMILES string of the molecule is NCC(=O)[O-].NCC(=O)[O-].[N].[Zn+2]. The Morgan fingerprint density at radius 1 is 1.00 bits per heavy atom. The van der Waals surface area contributed by atoms with E-state index in [0.29, 0.717) is 0 Å². The van der Waals surface area contributed by atoms with Crippen LogP contribution in [0.15, 0.2) is 0 Å². The first-order chi connectivity index (χ1) is 4.54. The smallest absolute Gasteiger partial charge is 0.549 e. The monoisotopic (exact) mass is 226 g/mol. The Kier molecular flexibility index (Phi) is 31.6. The van der Waals surface area contributed by atoms with Crippen LogP contribution in [0.25, 0.3) is 0 Å².